The standard InChI is InChI=1S/C17H21ClN4O2S/c1-6-7-22-12(4)20-21-17(22)25-11(3)16(23)19-14-8-10(2)13(18)9-15(14)24-5/h6,8-9,11H,1,7H2,2-5H3,(H,19,23). The van der Waals surface area contributed by atoms with Crippen LogP contribution in [0.2, 0.25) is 5.02 Å². The van der Waals surface area contributed by atoms with Crippen molar-refractivity contribution in [3.63, 3.8) is 0 Å². The fourth-order valence-corrected chi connectivity index (χ4v) is 3.22. The van der Waals surface area contributed by atoms with Crippen LogP contribution in [0.1, 0.15) is 18.3 Å². The van der Waals surface area contributed by atoms with Crippen molar-refractivity contribution in [1.29, 1.82) is 0 Å². The molecule has 0 aliphatic rings. The average molecular weight is 381 g/mol. The third kappa shape index (κ3) is 4.55. The molecule has 2 aromatic rings. The summed E-state index contributed by atoms with van der Waals surface area (Å²) in [5, 5.41) is 12.0. The second kappa shape index (κ2) is 8.40. The minimum Gasteiger partial charge on any atom is -0.495 e. The van der Waals surface area contributed by atoms with E-state index in [2.05, 4.69) is 22.1 Å². The zero-order valence-corrected chi connectivity index (χ0v) is 16.2. The summed E-state index contributed by atoms with van der Waals surface area (Å²) in [5.41, 5.74) is 1.45. The summed E-state index contributed by atoms with van der Waals surface area (Å²) in [4.78, 5) is 12.6. The van der Waals surface area contributed by atoms with Gasteiger partial charge in [0.1, 0.15) is 11.6 Å². The molecule has 0 radical (unpaired) electrons. The number of nitrogens with one attached hydrogen (secondary N) is 1. The quantitative estimate of drug-likeness (QED) is 0.583. The number of halogens is 1. The summed E-state index contributed by atoms with van der Waals surface area (Å²) < 4.78 is 7.20. The highest BCUT2D eigenvalue weighted by molar-refractivity contribution is 8.00. The smallest absolute Gasteiger partial charge is 0.237 e. The molecule has 0 saturated carbocycles. The number of amides is 1. The van der Waals surface area contributed by atoms with Gasteiger partial charge in [-0.2, -0.15) is 0 Å². The van der Waals surface area contributed by atoms with E-state index < -0.39 is 0 Å². The predicted octanol–water partition coefficient (Wildman–Crippen LogP) is 3.86. The fraction of sp³-hybridized carbons (Fsp3) is 0.353. The van der Waals surface area contributed by atoms with Crippen LogP contribution in [0, 0.1) is 13.8 Å². The minimum absolute atomic E-state index is 0.157. The van der Waals surface area contributed by atoms with Crippen LogP contribution < -0.4 is 10.1 Å². The Labute approximate surface area is 156 Å². The number of carbonyl (C=O) groups excluding carboxylic acids is 1. The molecule has 6 nitrogen and oxygen atoms in total. The van der Waals surface area contributed by atoms with Gasteiger partial charge in [0.25, 0.3) is 0 Å². The van der Waals surface area contributed by atoms with Gasteiger partial charge in [0.15, 0.2) is 5.16 Å². The van der Waals surface area contributed by atoms with Crippen LogP contribution in [-0.2, 0) is 11.3 Å². The Kier molecular flexibility index (Phi) is 6.50. The van der Waals surface area contributed by atoms with Crippen LogP contribution in [0.25, 0.3) is 0 Å². The highest BCUT2D eigenvalue weighted by Crippen LogP contribution is 2.32. The molecule has 0 aliphatic carbocycles. The number of anilines is 1. The van der Waals surface area contributed by atoms with Gasteiger partial charge in [0.05, 0.1) is 18.0 Å². The monoisotopic (exact) mass is 380 g/mol. The lowest BCUT2D eigenvalue weighted by Gasteiger charge is -2.15. The molecule has 0 saturated heterocycles. The molecular weight excluding hydrogens is 360 g/mol. The number of hydrogen-bond donors (Lipinski definition) is 1. The SMILES string of the molecule is C=CCn1c(C)nnc1SC(C)C(=O)Nc1cc(C)c(Cl)cc1OC. The molecule has 134 valence electrons. The zero-order valence-electron chi connectivity index (χ0n) is 14.7. The zero-order chi connectivity index (χ0) is 18.6. The molecule has 0 aliphatic heterocycles. The van der Waals surface area contributed by atoms with Gasteiger partial charge in [0.2, 0.25) is 5.91 Å². The summed E-state index contributed by atoms with van der Waals surface area (Å²) in [5.74, 6) is 1.15. The summed E-state index contributed by atoms with van der Waals surface area (Å²) in [7, 11) is 1.54. The van der Waals surface area contributed by atoms with Crippen molar-refractivity contribution in [2.45, 2.75) is 37.7 Å². The number of carbonyl (C=O) groups is 1. The van der Waals surface area contributed by atoms with E-state index in [1.54, 1.807) is 18.2 Å². The van der Waals surface area contributed by atoms with Crippen LogP contribution in [0.5, 0.6) is 5.75 Å². The van der Waals surface area contributed by atoms with Crippen molar-refractivity contribution in [3.05, 3.63) is 41.2 Å². The van der Waals surface area contributed by atoms with Crippen molar-refractivity contribution in [2.24, 2.45) is 0 Å². The molecular formula is C17H21ClN4O2S. The maximum absolute atomic E-state index is 12.6. The Morgan fingerprint density at radius 1 is 1.48 bits per heavy atom. The normalized spacial score (nSPS) is 11.9. The highest BCUT2D eigenvalue weighted by Gasteiger charge is 2.20. The van der Waals surface area contributed by atoms with E-state index in [1.807, 2.05) is 25.3 Å². The Morgan fingerprint density at radius 2 is 2.20 bits per heavy atom. The summed E-state index contributed by atoms with van der Waals surface area (Å²) in [6, 6.07) is 3.48. The Hall–Kier alpha value is -1.99. The van der Waals surface area contributed by atoms with E-state index >= 15 is 0 Å². The van der Waals surface area contributed by atoms with Crippen LogP contribution in [0.3, 0.4) is 0 Å². The molecule has 8 heteroatoms. The first-order valence-electron chi connectivity index (χ1n) is 7.69. The average Bonchev–Trinajstić information content (AvgIpc) is 2.91. The predicted molar refractivity (Wildman–Crippen MR) is 102 cm³/mol. The lowest BCUT2D eigenvalue weighted by atomic mass is 10.2. The van der Waals surface area contributed by atoms with E-state index in [1.165, 1.54) is 18.9 Å². The maximum Gasteiger partial charge on any atom is 0.237 e. The van der Waals surface area contributed by atoms with Crippen LogP contribution in [-0.4, -0.2) is 33.0 Å². The lowest BCUT2D eigenvalue weighted by Crippen LogP contribution is -2.23. The van der Waals surface area contributed by atoms with Gasteiger partial charge < -0.3 is 14.6 Å². The van der Waals surface area contributed by atoms with Gasteiger partial charge in [-0.3, -0.25) is 4.79 Å². The Bertz CT molecular complexity index is 791. The fourth-order valence-electron chi connectivity index (χ4n) is 2.16. The maximum atomic E-state index is 12.6. The topological polar surface area (TPSA) is 69.0 Å². The molecule has 1 unspecified atom stereocenters. The van der Waals surface area contributed by atoms with Crippen molar-refractivity contribution in [1.82, 2.24) is 14.8 Å². The molecule has 2 rings (SSSR count). The van der Waals surface area contributed by atoms with E-state index in [9.17, 15) is 4.79 Å². The van der Waals surface area contributed by atoms with E-state index in [4.69, 9.17) is 16.3 Å². The molecule has 1 heterocycles. The summed E-state index contributed by atoms with van der Waals surface area (Å²) in [6.07, 6.45) is 1.77. The third-order valence-corrected chi connectivity index (χ3v) is 5.09. The first-order valence-corrected chi connectivity index (χ1v) is 8.95. The number of methoxy groups -OCH3 is 1. The van der Waals surface area contributed by atoms with Crippen LogP contribution in [0.15, 0.2) is 29.9 Å². The lowest BCUT2D eigenvalue weighted by molar-refractivity contribution is -0.115. The minimum atomic E-state index is -0.368. The number of aromatic nitrogens is 3. The molecule has 1 atom stereocenters. The van der Waals surface area contributed by atoms with Crippen molar-refractivity contribution in [3.8, 4) is 5.75 Å². The van der Waals surface area contributed by atoms with E-state index in [0.29, 0.717) is 28.2 Å². The largest absolute Gasteiger partial charge is 0.495 e. The number of allylic oxidation sites excluding steroid dienone is 1. The molecule has 25 heavy (non-hydrogen) atoms. The number of hydrogen-bond acceptors (Lipinski definition) is 5. The van der Waals surface area contributed by atoms with Crippen molar-refractivity contribution >= 4 is 35.0 Å². The number of benzene rings is 1. The number of aryl methyl sites for hydroxylation is 2. The number of rotatable bonds is 7. The third-order valence-electron chi connectivity index (χ3n) is 3.60. The van der Waals surface area contributed by atoms with Crippen LogP contribution >= 0.6 is 23.4 Å². The van der Waals surface area contributed by atoms with Crippen LogP contribution in [0.4, 0.5) is 5.69 Å². The number of thioether (sulfide) groups is 1. The molecule has 1 amide bonds. The van der Waals surface area contributed by atoms with Gasteiger partial charge in [-0.25, -0.2) is 0 Å². The Morgan fingerprint density at radius 3 is 2.84 bits per heavy atom. The number of ether oxygens (including phenoxy) is 1. The molecule has 1 aromatic heterocycles. The molecule has 1 N–H and O–H groups in total. The highest BCUT2D eigenvalue weighted by atomic mass is 35.5. The molecule has 0 spiro atoms. The molecule has 1 aromatic carbocycles. The van der Waals surface area contributed by atoms with E-state index in [-0.39, 0.29) is 11.2 Å². The van der Waals surface area contributed by atoms with E-state index in [0.717, 1.165) is 11.4 Å². The van der Waals surface area contributed by atoms with Gasteiger partial charge >= 0.3 is 0 Å². The van der Waals surface area contributed by atoms with Gasteiger partial charge in [-0.1, -0.05) is 29.4 Å². The molecule has 0 bridgehead atoms. The second-order valence-corrected chi connectivity index (χ2v) is 7.20. The summed E-state index contributed by atoms with van der Waals surface area (Å²) >= 11 is 7.44. The van der Waals surface area contributed by atoms with Gasteiger partial charge in [-0.15, -0.1) is 16.8 Å². The number of nitrogens with zero attached hydrogens (tertiary/aromatic N) is 3. The van der Waals surface area contributed by atoms with Gasteiger partial charge in [0, 0.05) is 17.6 Å². The van der Waals surface area contributed by atoms with Crippen molar-refractivity contribution < 1.29 is 9.53 Å². The molecule has 0 fully saturated rings. The van der Waals surface area contributed by atoms with Crippen molar-refractivity contribution in [2.75, 3.05) is 12.4 Å². The Balaban J connectivity index is 2.14. The second-order valence-electron chi connectivity index (χ2n) is 5.48. The first kappa shape index (κ1) is 19.3. The van der Waals surface area contributed by atoms with Gasteiger partial charge in [-0.05, 0) is 32.4 Å². The first-order chi connectivity index (χ1) is 11.9. The summed E-state index contributed by atoms with van der Waals surface area (Å²) in [6.45, 7) is 9.89.